The number of hydrogen-bond donors (Lipinski definition) is 0. The van der Waals surface area contributed by atoms with Gasteiger partial charge in [0.15, 0.2) is 5.16 Å². The average Bonchev–Trinajstić information content (AvgIpc) is 3.02. The van der Waals surface area contributed by atoms with Crippen LogP contribution in [0.15, 0.2) is 35.7 Å². The average molecular weight is 316 g/mol. The van der Waals surface area contributed by atoms with E-state index in [2.05, 4.69) is 25.9 Å². The lowest BCUT2D eigenvalue weighted by molar-refractivity contribution is 0.261. The molecule has 0 amide bonds. The van der Waals surface area contributed by atoms with Crippen LogP contribution in [0.3, 0.4) is 0 Å². The molecule has 3 rings (SSSR count). The molecule has 3 heterocycles. The predicted molar refractivity (Wildman–Crippen MR) is 88.6 cm³/mol. The minimum absolute atomic E-state index is 0.529. The van der Waals surface area contributed by atoms with Gasteiger partial charge in [-0.2, -0.15) is 0 Å². The molecular weight excluding hydrogens is 296 g/mol. The van der Waals surface area contributed by atoms with Gasteiger partial charge >= 0.3 is 0 Å². The van der Waals surface area contributed by atoms with Crippen LogP contribution in [0.4, 0.5) is 5.82 Å². The Morgan fingerprint density at radius 3 is 2.91 bits per heavy atom. The van der Waals surface area contributed by atoms with Crippen LogP contribution >= 0.6 is 11.8 Å². The molecule has 0 aromatic carbocycles. The molecule has 2 aromatic heterocycles. The van der Waals surface area contributed by atoms with E-state index >= 15 is 0 Å². The van der Waals surface area contributed by atoms with Gasteiger partial charge in [-0.3, -0.25) is 4.98 Å². The van der Waals surface area contributed by atoms with Gasteiger partial charge in [-0.1, -0.05) is 11.8 Å². The molecule has 0 spiro atoms. The van der Waals surface area contributed by atoms with Crippen molar-refractivity contribution in [2.45, 2.75) is 18.5 Å². The first kappa shape index (κ1) is 15.1. The quantitative estimate of drug-likeness (QED) is 0.624. The van der Waals surface area contributed by atoms with Crippen molar-refractivity contribution in [1.29, 1.82) is 0 Å². The highest BCUT2D eigenvalue weighted by atomic mass is 32.2. The number of thioether (sulfide) groups is 1. The summed E-state index contributed by atoms with van der Waals surface area (Å²) in [6, 6.07) is 5.85. The third-order valence-electron chi connectivity index (χ3n) is 3.75. The second-order valence-corrected chi connectivity index (χ2v) is 6.22. The summed E-state index contributed by atoms with van der Waals surface area (Å²) in [5.41, 5.74) is 1.02. The van der Waals surface area contributed by atoms with Gasteiger partial charge in [0, 0.05) is 43.2 Å². The zero-order valence-electron chi connectivity index (χ0n) is 12.9. The lowest BCUT2D eigenvalue weighted by Crippen LogP contribution is -2.23. The van der Waals surface area contributed by atoms with Gasteiger partial charge in [-0.25, -0.2) is 9.97 Å². The van der Waals surface area contributed by atoms with Crippen LogP contribution in [0.25, 0.3) is 0 Å². The standard InChI is InChI=1S/C16H20N4OS/c1-12-9-15(19-16(18-12)22-2)20-8-5-13(10-20)11-21-14-3-6-17-7-4-14/h3-4,6-7,9,13H,5,8,10-11H2,1-2H3. The topological polar surface area (TPSA) is 51.1 Å². The lowest BCUT2D eigenvalue weighted by Gasteiger charge is -2.18. The summed E-state index contributed by atoms with van der Waals surface area (Å²) in [5, 5.41) is 0.839. The summed E-state index contributed by atoms with van der Waals surface area (Å²) in [6.07, 6.45) is 6.64. The van der Waals surface area contributed by atoms with Crippen molar-refractivity contribution in [3.05, 3.63) is 36.3 Å². The third-order valence-corrected chi connectivity index (χ3v) is 4.30. The zero-order chi connectivity index (χ0) is 15.4. The van der Waals surface area contributed by atoms with E-state index in [1.807, 2.05) is 25.3 Å². The zero-order valence-corrected chi connectivity index (χ0v) is 13.7. The van der Waals surface area contributed by atoms with E-state index in [4.69, 9.17) is 4.74 Å². The summed E-state index contributed by atoms with van der Waals surface area (Å²) < 4.78 is 5.84. The van der Waals surface area contributed by atoms with E-state index in [1.165, 1.54) is 0 Å². The fourth-order valence-electron chi connectivity index (χ4n) is 2.60. The summed E-state index contributed by atoms with van der Waals surface area (Å²) in [5.74, 6) is 2.44. The van der Waals surface area contributed by atoms with E-state index in [0.29, 0.717) is 5.92 Å². The van der Waals surface area contributed by atoms with Crippen LogP contribution in [0.2, 0.25) is 0 Å². The monoisotopic (exact) mass is 316 g/mol. The second kappa shape index (κ2) is 6.96. The van der Waals surface area contributed by atoms with E-state index in [0.717, 1.165) is 48.5 Å². The SMILES string of the molecule is CSc1nc(C)cc(N2CCC(COc3ccncc3)C2)n1. The van der Waals surface area contributed by atoms with Crippen molar-refractivity contribution in [2.75, 3.05) is 30.9 Å². The maximum atomic E-state index is 5.84. The Morgan fingerprint density at radius 1 is 1.32 bits per heavy atom. The van der Waals surface area contributed by atoms with E-state index in [9.17, 15) is 0 Å². The molecule has 0 bridgehead atoms. The highest BCUT2D eigenvalue weighted by Gasteiger charge is 2.24. The van der Waals surface area contributed by atoms with Gasteiger partial charge in [-0.05, 0) is 31.7 Å². The molecule has 1 aliphatic rings. The maximum Gasteiger partial charge on any atom is 0.189 e. The fourth-order valence-corrected chi connectivity index (χ4v) is 3.02. The molecular formula is C16H20N4OS. The molecule has 2 aromatic rings. The van der Waals surface area contributed by atoms with Crippen molar-refractivity contribution >= 4 is 17.6 Å². The Balaban J connectivity index is 1.59. The summed E-state index contributed by atoms with van der Waals surface area (Å²) in [6.45, 7) is 4.76. The number of hydrogen-bond acceptors (Lipinski definition) is 6. The van der Waals surface area contributed by atoms with Crippen LogP contribution < -0.4 is 9.64 Å². The van der Waals surface area contributed by atoms with Crippen molar-refractivity contribution in [3.63, 3.8) is 0 Å². The smallest absolute Gasteiger partial charge is 0.189 e. The largest absolute Gasteiger partial charge is 0.493 e. The minimum atomic E-state index is 0.529. The van der Waals surface area contributed by atoms with Gasteiger partial charge in [0.05, 0.1) is 6.61 Å². The molecule has 1 atom stereocenters. The predicted octanol–water partition coefficient (Wildman–Crippen LogP) is 2.81. The van der Waals surface area contributed by atoms with Crippen LogP contribution in [-0.2, 0) is 0 Å². The molecule has 22 heavy (non-hydrogen) atoms. The molecule has 0 N–H and O–H groups in total. The van der Waals surface area contributed by atoms with Gasteiger partial charge in [0.2, 0.25) is 0 Å². The molecule has 1 aliphatic heterocycles. The van der Waals surface area contributed by atoms with Crippen LogP contribution in [-0.4, -0.2) is 40.9 Å². The Labute approximate surface area is 135 Å². The van der Waals surface area contributed by atoms with Crippen molar-refractivity contribution in [2.24, 2.45) is 5.92 Å². The first-order chi connectivity index (χ1) is 10.7. The van der Waals surface area contributed by atoms with Crippen molar-refractivity contribution < 1.29 is 4.74 Å². The highest BCUT2D eigenvalue weighted by molar-refractivity contribution is 7.98. The molecule has 0 aliphatic carbocycles. The molecule has 0 saturated carbocycles. The second-order valence-electron chi connectivity index (χ2n) is 5.45. The van der Waals surface area contributed by atoms with Gasteiger partial charge in [-0.15, -0.1) is 0 Å². The highest BCUT2D eigenvalue weighted by Crippen LogP contribution is 2.25. The number of pyridine rings is 1. The Kier molecular flexibility index (Phi) is 4.77. The lowest BCUT2D eigenvalue weighted by atomic mass is 10.1. The van der Waals surface area contributed by atoms with Crippen LogP contribution in [0, 0.1) is 12.8 Å². The summed E-state index contributed by atoms with van der Waals surface area (Å²) >= 11 is 1.58. The number of aromatic nitrogens is 3. The summed E-state index contributed by atoms with van der Waals surface area (Å²) in [4.78, 5) is 15.4. The summed E-state index contributed by atoms with van der Waals surface area (Å²) in [7, 11) is 0. The Morgan fingerprint density at radius 2 is 2.14 bits per heavy atom. The number of nitrogens with zero attached hydrogens (tertiary/aromatic N) is 4. The molecule has 1 fully saturated rings. The molecule has 116 valence electrons. The Bertz CT molecular complexity index is 623. The first-order valence-electron chi connectivity index (χ1n) is 7.42. The minimum Gasteiger partial charge on any atom is -0.493 e. The number of aryl methyl sites for hydroxylation is 1. The molecule has 1 unspecified atom stereocenters. The Hall–Kier alpha value is -1.82. The van der Waals surface area contributed by atoms with Crippen LogP contribution in [0.5, 0.6) is 5.75 Å². The van der Waals surface area contributed by atoms with Crippen molar-refractivity contribution in [3.8, 4) is 5.75 Å². The van der Waals surface area contributed by atoms with E-state index in [1.54, 1.807) is 24.2 Å². The molecule has 1 saturated heterocycles. The van der Waals surface area contributed by atoms with E-state index in [-0.39, 0.29) is 0 Å². The maximum absolute atomic E-state index is 5.84. The number of ether oxygens (including phenoxy) is 1. The fraction of sp³-hybridized carbons (Fsp3) is 0.438. The van der Waals surface area contributed by atoms with Gasteiger partial charge in [0.25, 0.3) is 0 Å². The number of rotatable bonds is 5. The van der Waals surface area contributed by atoms with Gasteiger partial charge in [0.1, 0.15) is 11.6 Å². The molecule has 5 nitrogen and oxygen atoms in total. The van der Waals surface area contributed by atoms with Gasteiger partial charge < -0.3 is 9.64 Å². The molecule has 0 radical (unpaired) electrons. The number of anilines is 1. The van der Waals surface area contributed by atoms with Crippen molar-refractivity contribution in [1.82, 2.24) is 15.0 Å². The molecule has 6 heteroatoms. The van der Waals surface area contributed by atoms with Crippen LogP contribution in [0.1, 0.15) is 12.1 Å². The normalized spacial score (nSPS) is 17.7. The third kappa shape index (κ3) is 3.68. The van der Waals surface area contributed by atoms with E-state index < -0.39 is 0 Å². The first-order valence-corrected chi connectivity index (χ1v) is 8.64.